The molecule has 0 atom stereocenters. The number of ether oxygens (including phenoxy) is 2. The summed E-state index contributed by atoms with van der Waals surface area (Å²) in [5.41, 5.74) is 1.56. The summed E-state index contributed by atoms with van der Waals surface area (Å²) in [4.78, 5) is 41.7. The van der Waals surface area contributed by atoms with Crippen molar-refractivity contribution < 1.29 is 19.1 Å². The Morgan fingerprint density at radius 2 is 1.88 bits per heavy atom. The molecule has 0 radical (unpaired) electrons. The molecule has 3 aromatic rings. The highest BCUT2D eigenvalue weighted by Crippen LogP contribution is 2.28. The zero-order valence-electron chi connectivity index (χ0n) is 19.4. The number of carbonyl (C=O) groups is 2. The minimum Gasteiger partial charge on any atom is -0.495 e. The Hall–Kier alpha value is -3.88. The maximum atomic E-state index is 12.7. The van der Waals surface area contributed by atoms with Gasteiger partial charge in [-0.2, -0.15) is 0 Å². The van der Waals surface area contributed by atoms with Crippen LogP contribution in [0, 0.1) is 6.92 Å². The fourth-order valence-electron chi connectivity index (χ4n) is 3.24. The smallest absolute Gasteiger partial charge is 0.412 e. The summed E-state index contributed by atoms with van der Waals surface area (Å²) < 4.78 is 12.0. The Labute approximate surface area is 191 Å². The van der Waals surface area contributed by atoms with Crippen LogP contribution in [-0.4, -0.2) is 34.3 Å². The van der Waals surface area contributed by atoms with E-state index in [4.69, 9.17) is 9.47 Å². The third-order valence-corrected chi connectivity index (χ3v) is 4.75. The first-order valence-electron chi connectivity index (χ1n) is 10.5. The highest BCUT2D eigenvalue weighted by molar-refractivity contribution is 5.93. The van der Waals surface area contributed by atoms with Gasteiger partial charge in [0.15, 0.2) is 0 Å². The van der Waals surface area contributed by atoms with Gasteiger partial charge in [-0.05, 0) is 57.5 Å². The van der Waals surface area contributed by atoms with Crippen molar-refractivity contribution in [2.75, 3.05) is 17.7 Å². The predicted octanol–water partition coefficient (Wildman–Crippen LogP) is 4.09. The van der Waals surface area contributed by atoms with E-state index < -0.39 is 11.7 Å². The second-order valence-corrected chi connectivity index (χ2v) is 8.55. The first kappa shape index (κ1) is 23.8. The number of fused-ring (bicyclic) bond motifs is 1. The van der Waals surface area contributed by atoms with Gasteiger partial charge < -0.3 is 14.8 Å². The number of nitrogens with one attached hydrogen (secondary N) is 2. The third kappa shape index (κ3) is 6.09. The van der Waals surface area contributed by atoms with Gasteiger partial charge in [0.1, 0.15) is 11.4 Å². The number of para-hydroxylation sites is 1. The van der Waals surface area contributed by atoms with Crippen LogP contribution in [-0.2, 0) is 16.1 Å². The van der Waals surface area contributed by atoms with E-state index in [1.54, 1.807) is 45.0 Å². The SMILES string of the molecule is COc1ccc(NC(=O)CCn2cnc3c(C)cccc3c2=O)cc1NC(=O)OC(C)(C)C. The maximum Gasteiger partial charge on any atom is 0.412 e. The summed E-state index contributed by atoms with van der Waals surface area (Å²) >= 11 is 0. The number of aromatic nitrogens is 2. The van der Waals surface area contributed by atoms with Gasteiger partial charge in [-0.15, -0.1) is 0 Å². The first-order chi connectivity index (χ1) is 15.6. The fourth-order valence-corrected chi connectivity index (χ4v) is 3.24. The molecule has 2 aromatic carbocycles. The molecule has 0 saturated heterocycles. The Morgan fingerprint density at radius 1 is 1.12 bits per heavy atom. The molecule has 0 aliphatic rings. The molecule has 33 heavy (non-hydrogen) atoms. The fraction of sp³-hybridized carbons (Fsp3) is 0.333. The van der Waals surface area contributed by atoms with Crippen LogP contribution < -0.4 is 20.9 Å². The van der Waals surface area contributed by atoms with Crippen molar-refractivity contribution in [2.45, 2.75) is 46.3 Å². The van der Waals surface area contributed by atoms with E-state index >= 15 is 0 Å². The van der Waals surface area contributed by atoms with E-state index in [2.05, 4.69) is 15.6 Å². The number of benzene rings is 2. The number of hydrogen-bond donors (Lipinski definition) is 2. The molecule has 3 rings (SSSR count). The minimum absolute atomic E-state index is 0.0692. The van der Waals surface area contributed by atoms with Crippen molar-refractivity contribution in [3.63, 3.8) is 0 Å². The molecule has 9 nitrogen and oxygen atoms in total. The zero-order valence-corrected chi connectivity index (χ0v) is 19.4. The molecule has 0 aliphatic carbocycles. The van der Waals surface area contributed by atoms with Crippen molar-refractivity contribution >= 4 is 34.3 Å². The van der Waals surface area contributed by atoms with Crippen molar-refractivity contribution in [3.8, 4) is 5.75 Å². The molecule has 1 heterocycles. The average molecular weight is 453 g/mol. The Kier molecular flexibility index (Phi) is 7.01. The molecule has 0 unspecified atom stereocenters. The van der Waals surface area contributed by atoms with Crippen molar-refractivity contribution in [2.24, 2.45) is 0 Å². The second kappa shape index (κ2) is 9.72. The lowest BCUT2D eigenvalue weighted by atomic mass is 10.1. The molecule has 2 amide bonds. The van der Waals surface area contributed by atoms with Gasteiger partial charge in [0, 0.05) is 18.7 Å². The summed E-state index contributed by atoms with van der Waals surface area (Å²) in [6.07, 6.45) is 0.892. The molecule has 0 bridgehead atoms. The van der Waals surface area contributed by atoms with Gasteiger partial charge in [0.25, 0.3) is 5.56 Å². The van der Waals surface area contributed by atoms with Crippen LogP contribution in [0.3, 0.4) is 0 Å². The number of rotatable bonds is 6. The lowest BCUT2D eigenvalue weighted by Gasteiger charge is -2.20. The molecule has 174 valence electrons. The largest absolute Gasteiger partial charge is 0.495 e. The van der Waals surface area contributed by atoms with Crippen molar-refractivity contribution in [3.05, 3.63) is 58.6 Å². The normalized spacial score (nSPS) is 11.2. The quantitative estimate of drug-likeness (QED) is 0.583. The third-order valence-electron chi connectivity index (χ3n) is 4.75. The number of carbonyl (C=O) groups excluding carboxylic acids is 2. The van der Waals surface area contributed by atoms with E-state index in [9.17, 15) is 14.4 Å². The van der Waals surface area contributed by atoms with Gasteiger partial charge in [-0.25, -0.2) is 9.78 Å². The highest BCUT2D eigenvalue weighted by atomic mass is 16.6. The molecule has 0 fully saturated rings. The Balaban J connectivity index is 1.68. The standard InChI is InChI=1S/C24H28N4O5/c1-15-7-6-8-17-21(15)25-14-28(22(17)30)12-11-20(29)26-16-9-10-19(32-5)18(13-16)27-23(31)33-24(2,3)4/h6-10,13-14H,11-12H2,1-5H3,(H,26,29)(H,27,31). The number of amides is 2. The number of hydrogen-bond acceptors (Lipinski definition) is 6. The van der Waals surface area contributed by atoms with Gasteiger partial charge in [0.2, 0.25) is 5.91 Å². The van der Waals surface area contributed by atoms with Crippen LogP contribution in [0.25, 0.3) is 10.9 Å². The van der Waals surface area contributed by atoms with Gasteiger partial charge >= 0.3 is 6.09 Å². The van der Waals surface area contributed by atoms with Crippen molar-refractivity contribution in [1.82, 2.24) is 9.55 Å². The summed E-state index contributed by atoms with van der Waals surface area (Å²) in [5, 5.41) is 5.92. The number of aryl methyl sites for hydroxylation is 2. The molecule has 2 N–H and O–H groups in total. The monoisotopic (exact) mass is 452 g/mol. The number of methoxy groups -OCH3 is 1. The van der Waals surface area contributed by atoms with Crippen LogP contribution in [0.4, 0.5) is 16.2 Å². The van der Waals surface area contributed by atoms with Gasteiger partial charge in [-0.1, -0.05) is 12.1 Å². The van der Waals surface area contributed by atoms with Crippen LogP contribution in [0.15, 0.2) is 47.5 Å². The van der Waals surface area contributed by atoms with Gasteiger partial charge in [0.05, 0.1) is 30.0 Å². The lowest BCUT2D eigenvalue weighted by molar-refractivity contribution is -0.116. The number of anilines is 2. The van der Waals surface area contributed by atoms with Crippen molar-refractivity contribution in [1.29, 1.82) is 0 Å². The molecule has 0 saturated carbocycles. The maximum absolute atomic E-state index is 12.7. The summed E-state index contributed by atoms with van der Waals surface area (Å²) in [7, 11) is 1.48. The van der Waals surface area contributed by atoms with E-state index in [0.717, 1.165) is 5.56 Å². The summed E-state index contributed by atoms with van der Waals surface area (Å²) in [6.45, 7) is 7.36. The molecule has 9 heteroatoms. The topological polar surface area (TPSA) is 112 Å². The minimum atomic E-state index is -0.655. The molecule has 1 aromatic heterocycles. The molecular weight excluding hydrogens is 424 g/mol. The summed E-state index contributed by atoms with van der Waals surface area (Å²) in [5.74, 6) is 0.127. The van der Waals surface area contributed by atoms with Crippen LogP contribution in [0.1, 0.15) is 32.8 Å². The zero-order chi connectivity index (χ0) is 24.2. The molecule has 0 spiro atoms. The first-order valence-corrected chi connectivity index (χ1v) is 10.5. The Bertz CT molecular complexity index is 1240. The van der Waals surface area contributed by atoms with Crippen LogP contribution in [0.2, 0.25) is 0 Å². The lowest BCUT2D eigenvalue weighted by Crippen LogP contribution is -2.27. The average Bonchev–Trinajstić information content (AvgIpc) is 2.72. The highest BCUT2D eigenvalue weighted by Gasteiger charge is 2.18. The second-order valence-electron chi connectivity index (χ2n) is 8.55. The van der Waals surface area contributed by atoms with Crippen LogP contribution >= 0.6 is 0 Å². The summed E-state index contributed by atoms with van der Waals surface area (Å²) in [6, 6.07) is 10.3. The Morgan fingerprint density at radius 3 is 2.58 bits per heavy atom. The van der Waals surface area contributed by atoms with E-state index in [0.29, 0.717) is 28.0 Å². The predicted molar refractivity (Wildman–Crippen MR) is 127 cm³/mol. The van der Waals surface area contributed by atoms with E-state index in [1.165, 1.54) is 18.0 Å². The van der Waals surface area contributed by atoms with Crippen LogP contribution in [0.5, 0.6) is 5.75 Å². The van der Waals surface area contributed by atoms with Gasteiger partial charge in [-0.3, -0.25) is 19.5 Å². The molecule has 0 aliphatic heterocycles. The van der Waals surface area contributed by atoms with E-state index in [1.807, 2.05) is 19.1 Å². The van der Waals surface area contributed by atoms with E-state index in [-0.39, 0.29) is 24.4 Å². The molecular formula is C24H28N4O5. The number of nitrogens with zero attached hydrogens (tertiary/aromatic N) is 2.